The first-order valence-corrected chi connectivity index (χ1v) is 9.64. The summed E-state index contributed by atoms with van der Waals surface area (Å²) in [6.07, 6.45) is 1.99. The van der Waals surface area contributed by atoms with Crippen molar-refractivity contribution in [1.29, 1.82) is 0 Å². The molecular weight excluding hydrogens is 342 g/mol. The quantitative estimate of drug-likeness (QED) is 0.684. The molecule has 0 aliphatic carbocycles. The zero-order valence-corrected chi connectivity index (χ0v) is 17.0. The van der Waals surface area contributed by atoms with Gasteiger partial charge in [0.25, 0.3) is 5.91 Å². The average Bonchev–Trinajstić information content (AvgIpc) is 3.07. The van der Waals surface area contributed by atoms with E-state index in [0.29, 0.717) is 17.0 Å². The number of hydrogen-bond acceptors (Lipinski definition) is 5. The smallest absolute Gasteiger partial charge is 0.257 e. The maximum absolute atomic E-state index is 12.8. The summed E-state index contributed by atoms with van der Waals surface area (Å²) in [5.41, 5.74) is 1.89. The topological polar surface area (TPSA) is 67.6 Å². The lowest BCUT2D eigenvalue weighted by molar-refractivity contribution is 0.0937. The van der Waals surface area contributed by atoms with Crippen LogP contribution in [0.15, 0.2) is 28.8 Å². The highest BCUT2D eigenvalue weighted by molar-refractivity contribution is 6.00. The van der Waals surface area contributed by atoms with Crippen LogP contribution in [0.3, 0.4) is 0 Å². The summed E-state index contributed by atoms with van der Waals surface area (Å²) >= 11 is 0. The van der Waals surface area contributed by atoms with E-state index in [-0.39, 0.29) is 11.9 Å². The van der Waals surface area contributed by atoms with Crippen molar-refractivity contribution in [1.82, 2.24) is 15.4 Å². The zero-order chi connectivity index (χ0) is 19.8. The Kier molecular flexibility index (Phi) is 7.85. The second-order valence-electron chi connectivity index (χ2n) is 6.74. The van der Waals surface area contributed by atoms with E-state index in [1.54, 1.807) is 14.0 Å². The average molecular weight is 373 g/mol. The molecule has 1 atom stereocenters. The van der Waals surface area contributed by atoms with Crippen molar-refractivity contribution in [3.63, 3.8) is 0 Å². The van der Waals surface area contributed by atoms with Crippen molar-refractivity contribution in [2.75, 3.05) is 26.7 Å². The first-order valence-electron chi connectivity index (χ1n) is 9.64. The Balaban J connectivity index is 2.02. The van der Waals surface area contributed by atoms with Gasteiger partial charge in [-0.2, -0.15) is 0 Å². The number of benzene rings is 1. The van der Waals surface area contributed by atoms with Gasteiger partial charge in [0.15, 0.2) is 5.76 Å². The van der Waals surface area contributed by atoms with E-state index in [1.165, 1.54) is 0 Å². The van der Waals surface area contributed by atoms with Gasteiger partial charge >= 0.3 is 0 Å². The molecule has 27 heavy (non-hydrogen) atoms. The molecule has 0 aliphatic heterocycles. The molecule has 1 amide bonds. The summed E-state index contributed by atoms with van der Waals surface area (Å²) in [5.74, 6) is 1.10. The zero-order valence-electron chi connectivity index (χ0n) is 17.0. The maximum atomic E-state index is 12.8. The van der Waals surface area contributed by atoms with Crippen LogP contribution >= 0.6 is 0 Å². The molecule has 0 saturated carbocycles. The molecule has 0 unspecified atom stereocenters. The summed E-state index contributed by atoms with van der Waals surface area (Å²) < 4.78 is 10.6. The molecule has 1 aromatic carbocycles. The highest BCUT2D eigenvalue weighted by Gasteiger charge is 2.23. The monoisotopic (exact) mass is 373 g/mol. The van der Waals surface area contributed by atoms with Crippen molar-refractivity contribution >= 4 is 5.91 Å². The van der Waals surface area contributed by atoms with Crippen molar-refractivity contribution < 1.29 is 14.1 Å². The summed E-state index contributed by atoms with van der Waals surface area (Å²) in [6.45, 7) is 11.3. The van der Waals surface area contributed by atoms with Crippen molar-refractivity contribution in [3.05, 3.63) is 35.5 Å². The highest BCUT2D eigenvalue weighted by atomic mass is 16.5. The van der Waals surface area contributed by atoms with E-state index in [4.69, 9.17) is 9.26 Å². The van der Waals surface area contributed by atoms with Gasteiger partial charge in [0.1, 0.15) is 11.3 Å². The number of ether oxygens (including phenoxy) is 1. The van der Waals surface area contributed by atoms with Gasteiger partial charge in [0.05, 0.1) is 12.8 Å². The first-order chi connectivity index (χ1) is 13.0. The standard InChI is InChI=1S/C21H31N3O3/c1-6-24(7-2)14-8-9-15(3)22-21(25)19-16(4)23-27-20(19)17-10-12-18(26-5)13-11-17/h10-13,15H,6-9,14H2,1-5H3,(H,22,25)/t15-/m0/s1. The minimum atomic E-state index is -0.144. The van der Waals surface area contributed by atoms with Crippen molar-refractivity contribution in [2.45, 2.75) is 46.6 Å². The van der Waals surface area contributed by atoms with E-state index < -0.39 is 0 Å². The molecule has 2 aromatic rings. The summed E-state index contributed by atoms with van der Waals surface area (Å²) in [7, 11) is 1.62. The molecular formula is C21H31N3O3. The van der Waals surface area contributed by atoms with Gasteiger partial charge in [-0.3, -0.25) is 4.79 Å². The first kappa shape index (κ1) is 21.0. The van der Waals surface area contributed by atoms with E-state index >= 15 is 0 Å². The van der Waals surface area contributed by atoms with Crippen LogP contribution in [0.2, 0.25) is 0 Å². The van der Waals surface area contributed by atoms with Gasteiger partial charge in [0.2, 0.25) is 0 Å². The molecule has 0 bridgehead atoms. The minimum absolute atomic E-state index is 0.0890. The number of carbonyl (C=O) groups excluding carboxylic acids is 1. The van der Waals surface area contributed by atoms with Crippen LogP contribution in [0, 0.1) is 6.92 Å². The second kappa shape index (κ2) is 10.1. The summed E-state index contributed by atoms with van der Waals surface area (Å²) in [4.78, 5) is 15.2. The van der Waals surface area contributed by atoms with E-state index in [0.717, 1.165) is 43.8 Å². The van der Waals surface area contributed by atoms with Crippen LogP contribution in [0.25, 0.3) is 11.3 Å². The van der Waals surface area contributed by atoms with Gasteiger partial charge in [-0.1, -0.05) is 19.0 Å². The Morgan fingerprint density at radius 1 is 1.26 bits per heavy atom. The van der Waals surface area contributed by atoms with Gasteiger partial charge in [-0.15, -0.1) is 0 Å². The number of nitrogens with zero attached hydrogens (tertiary/aromatic N) is 2. The molecule has 1 N–H and O–H groups in total. The van der Waals surface area contributed by atoms with Crippen LogP contribution in [-0.4, -0.2) is 48.7 Å². The minimum Gasteiger partial charge on any atom is -0.497 e. The predicted molar refractivity (Wildman–Crippen MR) is 107 cm³/mol. The highest BCUT2D eigenvalue weighted by Crippen LogP contribution is 2.28. The van der Waals surface area contributed by atoms with Crippen LogP contribution in [-0.2, 0) is 0 Å². The molecule has 2 rings (SSSR count). The molecule has 6 nitrogen and oxygen atoms in total. The molecule has 0 radical (unpaired) electrons. The van der Waals surface area contributed by atoms with E-state index in [1.807, 2.05) is 31.2 Å². The lowest BCUT2D eigenvalue weighted by atomic mass is 10.1. The fraction of sp³-hybridized carbons (Fsp3) is 0.524. The lowest BCUT2D eigenvalue weighted by Gasteiger charge is -2.19. The maximum Gasteiger partial charge on any atom is 0.257 e. The van der Waals surface area contributed by atoms with Gasteiger partial charge in [0, 0.05) is 11.6 Å². The summed E-state index contributed by atoms with van der Waals surface area (Å²) in [5, 5.41) is 7.08. The third kappa shape index (κ3) is 5.57. The number of aryl methyl sites for hydroxylation is 1. The van der Waals surface area contributed by atoms with E-state index in [2.05, 4.69) is 29.2 Å². The number of methoxy groups -OCH3 is 1. The fourth-order valence-corrected chi connectivity index (χ4v) is 3.11. The lowest BCUT2D eigenvalue weighted by Crippen LogP contribution is -2.34. The van der Waals surface area contributed by atoms with Crippen LogP contribution in [0.5, 0.6) is 5.75 Å². The Hall–Kier alpha value is -2.34. The Morgan fingerprint density at radius 2 is 1.93 bits per heavy atom. The van der Waals surface area contributed by atoms with E-state index in [9.17, 15) is 4.79 Å². The summed E-state index contributed by atoms with van der Waals surface area (Å²) in [6, 6.07) is 7.49. The SMILES string of the molecule is CCN(CC)CCC[C@H](C)NC(=O)c1c(C)noc1-c1ccc(OC)cc1. The Bertz CT molecular complexity index is 721. The molecule has 0 fully saturated rings. The third-order valence-electron chi connectivity index (χ3n) is 4.83. The fourth-order valence-electron chi connectivity index (χ4n) is 3.11. The molecule has 0 spiro atoms. The largest absolute Gasteiger partial charge is 0.497 e. The van der Waals surface area contributed by atoms with Gasteiger partial charge in [-0.25, -0.2) is 0 Å². The number of aromatic nitrogens is 1. The molecule has 0 aliphatic rings. The number of rotatable bonds is 10. The number of amides is 1. The molecule has 0 saturated heterocycles. The molecule has 1 aromatic heterocycles. The normalized spacial score (nSPS) is 12.2. The van der Waals surface area contributed by atoms with Gasteiger partial charge < -0.3 is 19.5 Å². The van der Waals surface area contributed by atoms with Gasteiger partial charge in [-0.05, 0) is 70.6 Å². The molecule has 148 valence electrons. The third-order valence-corrected chi connectivity index (χ3v) is 4.83. The number of nitrogens with one attached hydrogen (secondary N) is 1. The Morgan fingerprint density at radius 3 is 2.52 bits per heavy atom. The number of carbonyl (C=O) groups is 1. The molecule has 1 heterocycles. The number of hydrogen-bond donors (Lipinski definition) is 1. The van der Waals surface area contributed by atoms with Crippen LogP contribution in [0.1, 0.15) is 49.7 Å². The van der Waals surface area contributed by atoms with Crippen molar-refractivity contribution in [3.8, 4) is 17.1 Å². The molecule has 6 heteroatoms. The van der Waals surface area contributed by atoms with Crippen LogP contribution in [0.4, 0.5) is 0 Å². The Labute approximate surface area is 161 Å². The van der Waals surface area contributed by atoms with Crippen LogP contribution < -0.4 is 10.1 Å². The second-order valence-corrected chi connectivity index (χ2v) is 6.74. The predicted octanol–water partition coefficient (Wildman–Crippen LogP) is 3.90. The van der Waals surface area contributed by atoms with Crippen molar-refractivity contribution in [2.24, 2.45) is 0 Å².